The van der Waals surface area contributed by atoms with Gasteiger partial charge < -0.3 is 29.9 Å². The first-order valence-corrected chi connectivity index (χ1v) is 16.5. The highest BCUT2D eigenvalue weighted by atomic mass is 32.2. The summed E-state index contributed by atoms with van der Waals surface area (Å²) in [5, 5.41) is 6.74. The molecular formula is C29H30F3N7O3S2. The zero-order chi connectivity index (χ0) is 30.1. The Balaban J connectivity index is 1.10. The normalized spacial score (nSPS) is 21.9. The number of thiophene rings is 1. The summed E-state index contributed by atoms with van der Waals surface area (Å²) in [5.74, 6) is 1.69. The molecule has 15 heteroatoms. The second-order valence-corrected chi connectivity index (χ2v) is 14.1. The van der Waals surface area contributed by atoms with Crippen LogP contribution in [0.1, 0.15) is 39.7 Å². The van der Waals surface area contributed by atoms with Gasteiger partial charge in [-0.25, -0.2) is 15.0 Å². The third-order valence-corrected chi connectivity index (χ3v) is 11.0. The number of anilines is 3. The molecule has 2 N–H and O–H groups in total. The van der Waals surface area contributed by atoms with Crippen LogP contribution in [0, 0.1) is 0 Å². The van der Waals surface area contributed by atoms with Crippen molar-refractivity contribution in [2.24, 2.45) is 0 Å². The van der Waals surface area contributed by atoms with Crippen molar-refractivity contribution in [1.82, 2.24) is 25.2 Å². The van der Waals surface area contributed by atoms with Crippen molar-refractivity contribution < 1.29 is 27.4 Å². The van der Waals surface area contributed by atoms with Crippen LogP contribution in [0.4, 0.5) is 30.6 Å². The van der Waals surface area contributed by atoms with Gasteiger partial charge in [-0.2, -0.15) is 13.2 Å². The fourth-order valence-electron chi connectivity index (χ4n) is 6.05. The van der Waals surface area contributed by atoms with Crippen LogP contribution in [0.5, 0.6) is 0 Å². The van der Waals surface area contributed by atoms with Gasteiger partial charge in [-0.1, -0.05) is 0 Å². The maximum Gasteiger partial charge on any atom is 0.420 e. The lowest BCUT2D eigenvalue weighted by Crippen LogP contribution is -2.70. The van der Waals surface area contributed by atoms with E-state index in [0.29, 0.717) is 54.2 Å². The quantitative estimate of drug-likeness (QED) is 0.402. The number of pyridine rings is 1. The highest BCUT2D eigenvalue weighted by molar-refractivity contribution is 7.99. The second-order valence-electron chi connectivity index (χ2n) is 11.9. The van der Waals surface area contributed by atoms with E-state index >= 15 is 0 Å². The van der Waals surface area contributed by atoms with Crippen molar-refractivity contribution in [2.45, 2.75) is 41.4 Å². The summed E-state index contributed by atoms with van der Waals surface area (Å²) in [6.45, 7) is 5.37. The van der Waals surface area contributed by atoms with E-state index in [0.717, 1.165) is 61.5 Å². The molecule has 0 bridgehead atoms. The summed E-state index contributed by atoms with van der Waals surface area (Å²) in [6, 6.07) is 5.52. The third kappa shape index (κ3) is 5.21. The van der Waals surface area contributed by atoms with E-state index in [2.05, 4.69) is 25.5 Å². The molecule has 1 spiro atoms. The molecule has 0 unspecified atom stereocenters. The summed E-state index contributed by atoms with van der Waals surface area (Å²) >= 11 is 2.53. The van der Waals surface area contributed by atoms with Crippen molar-refractivity contribution in [3.8, 4) is 10.6 Å². The summed E-state index contributed by atoms with van der Waals surface area (Å²) in [5.41, 5.74) is 0.338. The zero-order valence-corrected chi connectivity index (χ0v) is 25.3. The van der Waals surface area contributed by atoms with Gasteiger partial charge in [0.25, 0.3) is 5.91 Å². The number of carbonyl (C=O) groups excluding carboxylic acids is 1. The van der Waals surface area contributed by atoms with Crippen LogP contribution >= 0.6 is 23.1 Å². The van der Waals surface area contributed by atoms with Gasteiger partial charge in [0, 0.05) is 48.9 Å². The Kier molecular flexibility index (Phi) is 7.01. The average Bonchev–Trinajstić information content (AvgIpc) is 3.75. The Bertz CT molecular complexity index is 1610. The molecule has 3 saturated heterocycles. The molecule has 10 nitrogen and oxygen atoms in total. The summed E-state index contributed by atoms with van der Waals surface area (Å²) in [6.07, 6.45) is -1.85. The van der Waals surface area contributed by atoms with E-state index in [-0.39, 0.29) is 39.9 Å². The van der Waals surface area contributed by atoms with Crippen molar-refractivity contribution >= 4 is 46.5 Å². The van der Waals surface area contributed by atoms with Crippen LogP contribution in [0.25, 0.3) is 10.6 Å². The maximum atomic E-state index is 14.2. The topological polar surface area (TPSA) is 105 Å². The first-order valence-electron chi connectivity index (χ1n) is 14.7. The summed E-state index contributed by atoms with van der Waals surface area (Å²) in [7, 11) is 0. The summed E-state index contributed by atoms with van der Waals surface area (Å²) < 4.78 is 53.3. The van der Waals surface area contributed by atoms with Crippen LogP contribution in [-0.2, 0) is 15.7 Å². The predicted molar refractivity (Wildman–Crippen MR) is 160 cm³/mol. The molecule has 1 saturated carbocycles. The molecule has 7 heterocycles. The maximum absolute atomic E-state index is 14.2. The van der Waals surface area contributed by atoms with Gasteiger partial charge in [0.15, 0.2) is 0 Å². The molecule has 5 aliphatic rings. The van der Waals surface area contributed by atoms with Crippen LogP contribution in [-0.4, -0.2) is 95.7 Å². The number of piperazine rings is 1. The van der Waals surface area contributed by atoms with E-state index in [9.17, 15) is 18.0 Å². The number of carbonyl (C=O) groups is 1. The number of alkyl halides is 3. The molecule has 0 radical (unpaired) electrons. The predicted octanol–water partition coefficient (Wildman–Crippen LogP) is 4.37. The van der Waals surface area contributed by atoms with E-state index in [1.54, 1.807) is 11.0 Å². The van der Waals surface area contributed by atoms with Crippen LogP contribution in [0.2, 0.25) is 0 Å². The number of nitrogens with one attached hydrogen (secondary N) is 2. The third-order valence-electron chi connectivity index (χ3n) is 8.71. The minimum Gasteiger partial charge on any atom is -0.377 e. The standard InChI is InChI=1S/C29H30F3N7O3S2/c30-29(31,32)18-10-33-27(37-24(18)20-9-21-25(44-20)26(40)39(7-8-43-21)17-11-41-12-17)35-19-3-4-22(36-23(19)16-1-2-16)38-6-5-34-28(13-38)14-42-15-28/h3-4,9-10,16-17,34H,1-2,5-8,11-15H2,(H,33,35,37). The van der Waals surface area contributed by atoms with E-state index < -0.39 is 11.7 Å². The molecule has 8 rings (SSSR count). The highest BCUT2D eigenvalue weighted by Crippen LogP contribution is 2.46. The highest BCUT2D eigenvalue weighted by Gasteiger charge is 2.43. The van der Waals surface area contributed by atoms with E-state index in [4.69, 9.17) is 14.5 Å². The molecule has 3 aromatic heterocycles. The number of thioether (sulfide) groups is 1. The Morgan fingerprint density at radius 3 is 2.66 bits per heavy atom. The van der Waals surface area contributed by atoms with Gasteiger partial charge >= 0.3 is 6.18 Å². The number of nitrogens with zero attached hydrogens (tertiary/aromatic N) is 5. The number of aromatic nitrogens is 3. The molecule has 4 aliphatic heterocycles. The fraction of sp³-hybridized carbons (Fsp3) is 0.517. The van der Waals surface area contributed by atoms with Gasteiger partial charge in [-0.05, 0) is 31.0 Å². The lowest BCUT2D eigenvalue weighted by Gasteiger charge is -2.49. The summed E-state index contributed by atoms with van der Waals surface area (Å²) in [4.78, 5) is 32.3. The lowest BCUT2D eigenvalue weighted by atomic mass is 9.94. The van der Waals surface area contributed by atoms with E-state index in [1.807, 2.05) is 12.1 Å². The fourth-order valence-corrected chi connectivity index (χ4v) is 8.37. The number of fused-ring (bicyclic) bond motifs is 1. The number of hydrogen-bond acceptors (Lipinski definition) is 11. The minimum absolute atomic E-state index is 0.000714. The van der Waals surface area contributed by atoms with Gasteiger partial charge in [-0.15, -0.1) is 23.1 Å². The molecule has 1 amide bonds. The van der Waals surface area contributed by atoms with Crippen LogP contribution in [0.15, 0.2) is 29.3 Å². The van der Waals surface area contributed by atoms with Crippen LogP contribution in [0.3, 0.4) is 0 Å². The van der Waals surface area contributed by atoms with Gasteiger partial charge in [0.05, 0.1) is 60.0 Å². The zero-order valence-electron chi connectivity index (χ0n) is 23.7. The monoisotopic (exact) mass is 645 g/mol. The van der Waals surface area contributed by atoms with Crippen molar-refractivity contribution in [2.75, 3.05) is 68.6 Å². The number of rotatable bonds is 6. The van der Waals surface area contributed by atoms with Gasteiger partial charge in [0.2, 0.25) is 5.95 Å². The Hall–Kier alpha value is -2.98. The molecule has 0 aromatic carbocycles. The molecule has 1 aliphatic carbocycles. The molecule has 232 valence electrons. The molecule has 4 fully saturated rings. The van der Waals surface area contributed by atoms with Gasteiger partial charge in [-0.3, -0.25) is 4.79 Å². The first kappa shape index (κ1) is 28.5. The molecule has 3 aromatic rings. The Labute approximate surface area is 259 Å². The number of halogens is 3. The average molecular weight is 646 g/mol. The minimum atomic E-state index is -4.67. The van der Waals surface area contributed by atoms with Gasteiger partial charge in [0.1, 0.15) is 16.3 Å². The number of hydrogen-bond donors (Lipinski definition) is 2. The van der Waals surface area contributed by atoms with Crippen molar-refractivity contribution in [3.63, 3.8) is 0 Å². The van der Waals surface area contributed by atoms with E-state index in [1.165, 1.54) is 11.8 Å². The SMILES string of the molecule is O=C1c2sc(-c3nc(Nc4ccc(N5CCNC6(COC6)C5)nc4C4CC4)ncc3C(F)(F)F)cc2SCCN1C1COC1. The Morgan fingerprint density at radius 2 is 1.95 bits per heavy atom. The van der Waals surface area contributed by atoms with Crippen LogP contribution < -0.4 is 15.5 Å². The second kappa shape index (κ2) is 10.8. The van der Waals surface area contributed by atoms with Crippen molar-refractivity contribution in [3.05, 3.63) is 40.5 Å². The smallest absolute Gasteiger partial charge is 0.377 e. The molecular weight excluding hydrogens is 615 g/mol. The number of ether oxygens (including phenoxy) is 2. The largest absolute Gasteiger partial charge is 0.420 e. The Morgan fingerprint density at radius 1 is 1.11 bits per heavy atom. The number of amides is 1. The molecule has 0 atom stereocenters. The van der Waals surface area contributed by atoms with Crippen molar-refractivity contribution in [1.29, 1.82) is 0 Å². The lowest BCUT2D eigenvalue weighted by molar-refractivity contribution is -0.137. The molecule has 44 heavy (non-hydrogen) atoms. The first-order chi connectivity index (χ1) is 21.3.